The van der Waals surface area contributed by atoms with E-state index >= 15 is 0 Å². The molecule has 0 saturated carbocycles. The number of thiophene rings is 1. The Morgan fingerprint density at radius 1 is 1.30 bits per heavy atom. The van der Waals surface area contributed by atoms with Crippen LogP contribution in [0, 0.1) is 0 Å². The summed E-state index contributed by atoms with van der Waals surface area (Å²) in [5.74, 6) is 0.915. The second-order valence-electron chi connectivity index (χ2n) is 6.48. The Hall–Kier alpha value is -0.390. The van der Waals surface area contributed by atoms with Crippen LogP contribution in [0.5, 0.6) is 0 Å². The fourth-order valence-corrected chi connectivity index (χ4v) is 4.24. The Morgan fingerprint density at radius 2 is 1.96 bits per heavy atom. The molecule has 1 rings (SSSR count). The van der Waals surface area contributed by atoms with Gasteiger partial charge in [-0.1, -0.05) is 13.8 Å². The van der Waals surface area contributed by atoms with E-state index < -0.39 is 9.84 Å². The molecule has 27 heavy (non-hydrogen) atoms. The van der Waals surface area contributed by atoms with Gasteiger partial charge in [0.05, 0.1) is 18.3 Å². The summed E-state index contributed by atoms with van der Waals surface area (Å²) in [5.41, 5.74) is 1.29. The van der Waals surface area contributed by atoms with Gasteiger partial charge in [-0.3, -0.25) is 9.89 Å². The second-order valence-corrected chi connectivity index (χ2v) is 9.52. The lowest BCUT2D eigenvalue weighted by Crippen LogP contribution is -2.43. The number of hydrogen-bond donors (Lipinski definition) is 2. The molecule has 0 amide bonds. The van der Waals surface area contributed by atoms with Crippen molar-refractivity contribution in [3.05, 3.63) is 22.4 Å². The monoisotopic (exact) mass is 530 g/mol. The number of halogens is 1. The maximum absolute atomic E-state index is 11.4. The van der Waals surface area contributed by atoms with Gasteiger partial charge in [-0.15, -0.1) is 24.0 Å². The van der Waals surface area contributed by atoms with Crippen molar-refractivity contribution in [2.24, 2.45) is 4.99 Å². The predicted molar refractivity (Wildman–Crippen MR) is 128 cm³/mol. The molecule has 2 N–H and O–H groups in total. The van der Waals surface area contributed by atoms with Gasteiger partial charge in [-0.05, 0) is 55.7 Å². The van der Waals surface area contributed by atoms with E-state index in [-0.39, 0.29) is 41.8 Å². The van der Waals surface area contributed by atoms with E-state index in [1.807, 2.05) is 13.8 Å². The number of likely N-dealkylation sites (N-methyl/N-ethyl adjacent to an activating group) is 1. The average molecular weight is 531 g/mol. The highest BCUT2D eigenvalue weighted by Crippen LogP contribution is 2.23. The number of nitrogens with one attached hydrogen (secondary N) is 2. The summed E-state index contributed by atoms with van der Waals surface area (Å²) < 4.78 is 22.7. The average Bonchev–Trinajstić information content (AvgIpc) is 3.10. The maximum Gasteiger partial charge on any atom is 0.191 e. The van der Waals surface area contributed by atoms with Crippen LogP contribution in [0.3, 0.4) is 0 Å². The van der Waals surface area contributed by atoms with E-state index in [4.69, 9.17) is 4.99 Å². The lowest BCUT2D eigenvalue weighted by molar-refractivity contribution is 0.224. The quantitative estimate of drug-likeness (QED) is 0.261. The Kier molecular flexibility index (Phi) is 13.5. The molecule has 0 fully saturated rings. The molecule has 0 bridgehead atoms. The zero-order chi connectivity index (χ0) is 19.6. The largest absolute Gasteiger partial charge is 0.357 e. The second kappa shape index (κ2) is 13.7. The van der Waals surface area contributed by atoms with E-state index in [9.17, 15) is 8.42 Å². The highest BCUT2D eigenvalue weighted by molar-refractivity contribution is 14.0. The Balaban J connectivity index is 0.00000676. The first-order chi connectivity index (χ1) is 12.3. The minimum Gasteiger partial charge on any atom is -0.357 e. The van der Waals surface area contributed by atoms with Crippen molar-refractivity contribution < 1.29 is 8.42 Å². The first kappa shape index (κ1) is 26.6. The highest BCUT2D eigenvalue weighted by atomic mass is 127. The molecule has 158 valence electrons. The normalized spacial score (nSPS) is 14.5. The van der Waals surface area contributed by atoms with Crippen LogP contribution in [-0.2, 0) is 9.84 Å². The van der Waals surface area contributed by atoms with Crippen molar-refractivity contribution in [3.63, 3.8) is 0 Å². The van der Waals surface area contributed by atoms with Gasteiger partial charge in [0, 0.05) is 18.8 Å². The van der Waals surface area contributed by atoms with E-state index in [1.54, 1.807) is 11.3 Å². The fraction of sp³-hybridized carbons (Fsp3) is 0.722. The number of rotatable bonds is 11. The van der Waals surface area contributed by atoms with Crippen LogP contribution in [-0.4, -0.2) is 63.5 Å². The van der Waals surface area contributed by atoms with E-state index in [0.717, 1.165) is 25.6 Å². The molecule has 0 aliphatic heterocycles. The molecule has 2 unspecified atom stereocenters. The van der Waals surface area contributed by atoms with Gasteiger partial charge in [-0.2, -0.15) is 11.3 Å². The van der Waals surface area contributed by atoms with E-state index in [2.05, 4.69) is 46.2 Å². The molecule has 1 aromatic rings. The first-order valence-corrected chi connectivity index (χ1v) is 12.3. The number of guanidine groups is 1. The van der Waals surface area contributed by atoms with Crippen molar-refractivity contribution in [1.29, 1.82) is 0 Å². The number of aliphatic imine (C=N–C) groups is 1. The smallest absolute Gasteiger partial charge is 0.191 e. The summed E-state index contributed by atoms with van der Waals surface area (Å²) >= 11 is 1.71. The van der Waals surface area contributed by atoms with Crippen molar-refractivity contribution >= 4 is 51.1 Å². The summed E-state index contributed by atoms with van der Waals surface area (Å²) in [6.45, 7) is 11.7. The lowest BCUT2D eigenvalue weighted by Gasteiger charge is -2.28. The van der Waals surface area contributed by atoms with Crippen LogP contribution in [0.4, 0.5) is 0 Å². The van der Waals surface area contributed by atoms with Crippen LogP contribution in [0.15, 0.2) is 21.8 Å². The van der Waals surface area contributed by atoms with E-state index in [0.29, 0.717) is 13.0 Å². The molecule has 2 atom stereocenters. The first-order valence-electron chi connectivity index (χ1n) is 9.29. The zero-order valence-electron chi connectivity index (χ0n) is 17.1. The van der Waals surface area contributed by atoms with Crippen molar-refractivity contribution in [1.82, 2.24) is 15.5 Å². The molecule has 0 aliphatic carbocycles. The van der Waals surface area contributed by atoms with Crippen LogP contribution in [0.2, 0.25) is 0 Å². The van der Waals surface area contributed by atoms with Crippen LogP contribution in [0.1, 0.15) is 45.7 Å². The minimum atomic E-state index is -2.95. The van der Waals surface area contributed by atoms with Gasteiger partial charge in [0.1, 0.15) is 9.84 Å². The lowest BCUT2D eigenvalue weighted by atomic mass is 10.1. The van der Waals surface area contributed by atoms with Crippen LogP contribution >= 0.6 is 35.3 Å². The molecule has 1 aromatic heterocycles. The molecule has 0 radical (unpaired) electrons. The van der Waals surface area contributed by atoms with E-state index in [1.165, 1.54) is 11.8 Å². The summed E-state index contributed by atoms with van der Waals surface area (Å²) in [7, 11) is -2.95. The van der Waals surface area contributed by atoms with Crippen molar-refractivity contribution in [3.8, 4) is 0 Å². The topological polar surface area (TPSA) is 73.8 Å². The third kappa shape index (κ3) is 10.7. The SMILES string of the molecule is CCNC(=NCC(c1ccsc1)N(CC)CC)NC(C)CCS(C)(=O)=O.I. The molecule has 0 saturated heterocycles. The van der Waals surface area contributed by atoms with Crippen molar-refractivity contribution in [2.45, 2.75) is 46.2 Å². The standard InChI is InChI=1S/C18H34N4O2S2.HI/c1-6-19-18(21-15(4)10-12-26(5,23)24)20-13-17(22(7-2)8-3)16-9-11-25-14-16;/h9,11,14-15,17H,6-8,10,12-13H2,1-5H3,(H2,19,20,21);1H. The zero-order valence-corrected chi connectivity index (χ0v) is 21.0. The Bertz CT molecular complexity index is 632. The third-order valence-corrected chi connectivity index (χ3v) is 5.93. The van der Waals surface area contributed by atoms with Gasteiger partial charge in [0.15, 0.2) is 5.96 Å². The molecule has 1 heterocycles. The number of nitrogens with zero attached hydrogens (tertiary/aromatic N) is 2. The predicted octanol–water partition coefficient (Wildman–Crippen LogP) is 3.13. The molecule has 0 aromatic carbocycles. The molecular weight excluding hydrogens is 495 g/mol. The highest BCUT2D eigenvalue weighted by Gasteiger charge is 2.18. The molecule has 0 spiro atoms. The summed E-state index contributed by atoms with van der Waals surface area (Å²) in [5, 5.41) is 10.9. The van der Waals surface area contributed by atoms with Crippen molar-refractivity contribution in [2.75, 3.05) is 38.2 Å². The van der Waals surface area contributed by atoms with Gasteiger partial charge in [0.25, 0.3) is 0 Å². The number of sulfone groups is 1. The maximum atomic E-state index is 11.4. The minimum absolute atomic E-state index is 0. The van der Waals surface area contributed by atoms with Gasteiger partial charge < -0.3 is 10.6 Å². The molecule has 6 nitrogen and oxygen atoms in total. The molecule has 9 heteroatoms. The van der Waals surface area contributed by atoms with Crippen LogP contribution < -0.4 is 10.6 Å². The summed E-state index contributed by atoms with van der Waals surface area (Å²) in [4.78, 5) is 7.18. The van der Waals surface area contributed by atoms with Gasteiger partial charge >= 0.3 is 0 Å². The molecular formula is C18H35IN4O2S2. The fourth-order valence-electron chi connectivity index (χ4n) is 2.75. The van der Waals surface area contributed by atoms with Gasteiger partial charge in [-0.25, -0.2) is 8.42 Å². The third-order valence-electron chi connectivity index (χ3n) is 4.25. The summed E-state index contributed by atoms with van der Waals surface area (Å²) in [6, 6.07) is 2.45. The Labute approximate surface area is 186 Å². The van der Waals surface area contributed by atoms with Gasteiger partial charge in [0.2, 0.25) is 0 Å². The Morgan fingerprint density at radius 3 is 2.44 bits per heavy atom. The van der Waals surface area contributed by atoms with Crippen LogP contribution in [0.25, 0.3) is 0 Å². The molecule has 0 aliphatic rings. The number of hydrogen-bond acceptors (Lipinski definition) is 5. The summed E-state index contributed by atoms with van der Waals surface area (Å²) in [6.07, 6.45) is 1.84.